The molecular formula is C11H21N3. The van der Waals surface area contributed by atoms with Crippen molar-refractivity contribution < 1.29 is 0 Å². The number of nitrogens with two attached hydrogens (primary N) is 1. The van der Waals surface area contributed by atoms with Gasteiger partial charge >= 0.3 is 0 Å². The molecule has 2 N–H and O–H groups in total. The van der Waals surface area contributed by atoms with E-state index in [4.69, 9.17) is 5.73 Å². The summed E-state index contributed by atoms with van der Waals surface area (Å²) in [4.78, 5) is 5.13. The van der Waals surface area contributed by atoms with Gasteiger partial charge in [0.1, 0.15) is 0 Å². The van der Waals surface area contributed by atoms with Crippen LogP contribution in [0.3, 0.4) is 0 Å². The first-order chi connectivity index (χ1) is 6.67. The Balaban J connectivity index is 1.55. The van der Waals surface area contributed by atoms with Crippen LogP contribution in [0.5, 0.6) is 0 Å². The molecule has 0 aromatic heterocycles. The highest BCUT2D eigenvalue weighted by Gasteiger charge is 2.48. The topological polar surface area (TPSA) is 32.5 Å². The zero-order chi connectivity index (χ0) is 9.76. The Hall–Kier alpha value is -0.120. The van der Waals surface area contributed by atoms with Gasteiger partial charge in [0.2, 0.25) is 0 Å². The summed E-state index contributed by atoms with van der Waals surface area (Å²) in [5.41, 5.74) is 6.51. The second-order valence-electron chi connectivity index (χ2n) is 5.78. The number of hydrogen-bond acceptors (Lipinski definition) is 3. The smallest absolute Gasteiger partial charge is 0.0125 e. The van der Waals surface area contributed by atoms with Gasteiger partial charge in [-0.25, -0.2) is 0 Å². The Morgan fingerprint density at radius 1 is 1.21 bits per heavy atom. The van der Waals surface area contributed by atoms with E-state index >= 15 is 0 Å². The van der Waals surface area contributed by atoms with E-state index in [0.717, 1.165) is 6.04 Å². The van der Waals surface area contributed by atoms with Crippen LogP contribution in [0.1, 0.15) is 19.3 Å². The fraction of sp³-hybridized carbons (Fsp3) is 1.00. The molecule has 0 unspecified atom stereocenters. The summed E-state index contributed by atoms with van der Waals surface area (Å²) in [5.74, 6) is 0. The lowest BCUT2D eigenvalue weighted by molar-refractivity contribution is 0.0193. The van der Waals surface area contributed by atoms with Gasteiger partial charge in [-0.2, -0.15) is 0 Å². The zero-order valence-electron chi connectivity index (χ0n) is 9.08. The molecule has 1 saturated carbocycles. The average Bonchev–Trinajstić information content (AvgIpc) is 2.43. The minimum absolute atomic E-state index is 0.501. The van der Waals surface area contributed by atoms with E-state index < -0.39 is 0 Å². The quantitative estimate of drug-likeness (QED) is 0.645. The van der Waals surface area contributed by atoms with Crippen LogP contribution in [-0.4, -0.2) is 55.1 Å². The summed E-state index contributed by atoms with van der Waals surface area (Å²) in [6.45, 7) is 5.31. The van der Waals surface area contributed by atoms with Crippen molar-refractivity contribution in [1.29, 1.82) is 0 Å². The van der Waals surface area contributed by atoms with Gasteiger partial charge in [-0.15, -0.1) is 0 Å². The zero-order valence-corrected chi connectivity index (χ0v) is 9.08. The van der Waals surface area contributed by atoms with Gasteiger partial charge in [-0.3, -0.25) is 4.90 Å². The van der Waals surface area contributed by atoms with Crippen molar-refractivity contribution in [2.45, 2.75) is 31.3 Å². The normalized spacial score (nSPS) is 42.4. The molecule has 2 heterocycles. The molecule has 1 aliphatic carbocycles. The Labute approximate surface area is 86.2 Å². The van der Waals surface area contributed by atoms with Crippen LogP contribution in [0.15, 0.2) is 0 Å². The molecule has 2 saturated heterocycles. The third kappa shape index (κ3) is 1.30. The Morgan fingerprint density at radius 2 is 1.93 bits per heavy atom. The molecule has 0 atom stereocenters. The van der Waals surface area contributed by atoms with E-state index in [2.05, 4.69) is 16.8 Å². The van der Waals surface area contributed by atoms with Crippen LogP contribution in [-0.2, 0) is 0 Å². The first-order valence-corrected chi connectivity index (χ1v) is 5.85. The SMILES string of the molecule is CN1CC2(CCN(C3CC(N)C3)C2)C1. The summed E-state index contributed by atoms with van der Waals surface area (Å²) in [6.07, 6.45) is 3.90. The molecule has 3 heteroatoms. The maximum absolute atomic E-state index is 5.84. The highest BCUT2D eigenvalue weighted by Crippen LogP contribution is 2.41. The molecule has 3 fully saturated rings. The van der Waals surface area contributed by atoms with Crippen molar-refractivity contribution in [2.75, 3.05) is 33.2 Å². The highest BCUT2D eigenvalue weighted by atomic mass is 15.3. The lowest BCUT2D eigenvalue weighted by atomic mass is 9.79. The van der Waals surface area contributed by atoms with Gasteiger partial charge in [-0.05, 0) is 32.9 Å². The van der Waals surface area contributed by atoms with E-state index in [0.29, 0.717) is 11.5 Å². The van der Waals surface area contributed by atoms with Crippen molar-refractivity contribution in [2.24, 2.45) is 11.1 Å². The van der Waals surface area contributed by atoms with Crippen molar-refractivity contribution >= 4 is 0 Å². The molecule has 2 aliphatic heterocycles. The van der Waals surface area contributed by atoms with E-state index in [1.165, 1.54) is 45.4 Å². The second kappa shape index (κ2) is 2.94. The van der Waals surface area contributed by atoms with Gasteiger partial charge in [0.15, 0.2) is 0 Å². The fourth-order valence-electron chi connectivity index (χ4n) is 3.57. The van der Waals surface area contributed by atoms with Gasteiger partial charge < -0.3 is 10.6 Å². The van der Waals surface area contributed by atoms with Gasteiger partial charge in [-0.1, -0.05) is 0 Å². The predicted octanol–water partition coefficient (Wildman–Crippen LogP) is 0.114. The minimum Gasteiger partial charge on any atom is -0.328 e. The Bertz CT molecular complexity index is 229. The largest absolute Gasteiger partial charge is 0.328 e. The monoisotopic (exact) mass is 195 g/mol. The standard InChI is InChI=1S/C11H21N3/c1-13-6-11(7-13)2-3-14(8-11)10-4-9(12)5-10/h9-10H,2-8,12H2,1H3. The van der Waals surface area contributed by atoms with Crippen molar-refractivity contribution in [3.05, 3.63) is 0 Å². The maximum Gasteiger partial charge on any atom is 0.0125 e. The molecule has 0 radical (unpaired) electrons. The molecule has 3 rings (SSSR count). The highest BCUT2D eigenvalue weighted by molar-refractivity contribution is 5.03. The summed E-state index contributed by atoms with van der Waals surface area (Å²) in [6, 6.07) is 1.33. The lowest BCUT2D eigenvalue weighted by Gasteiger charge is -2.47. The molecule has 14 heavy (non-hydrogen) atoms. The van der Waals surface area contributed by atoms with Crippen molar-refractivity contribution in [3.8, 4) is 0 Å². The van der Waals surface area contributed by atoms with Crippen LogP contribution >= 0.6 is 0 Å². The Morgan fingerprint density at radius 3 is 2.50 bits per heavy atom. The molecule has 1 spiro atoms. The molecule has 3 nitrogen and oxygen atoms in total. The van der Waals surface area contributed by atoms with E-state index in [-0.39, 0.29) is 0 Å². The molecular weight excluding hydrogens is 174 g/mol. The van der Waals surface area contributed by atoms with Gasteiger partial charge in [0.25, 0.3) is 0 Å². The van der Waals surface area contributed by atoms with Crippen LogP contribution in [0, 0.1) is 5.41 Å². The summed E-state index contributed by atoms with van der Waals surface area (Å²) >= 11 is 0. The molecule has 0 aromatic rings. The van der Waals surface area contributed by atoms with Crippen LogP contribution < -0.4 is 5.73 Å². The first kappa shape index (κ1) is 9.13. The van der Waals surface area contributed by atoms with Gasteiger partial charge in [0, 0.05) is 37.1 Å². The molecule has 80 valence electrons. The van der Waals surface area contributed by atoms with Crippen LogP contribution in [0.25, 0.3) is 0 Å². The molecule has 0 amide bonds. The van der Waals surface area contributed by atoms with E-state index in [9.17, 15) is 0 Å². The average molecular weight is 195 g/mol. The van der Waals surface area contributed by atoms with Crippen LogP contribution in [0.4, 0.5) is 0 Å². The Kier molecular flexibility index (Phi) is 1.92. The lowest BCUT2D eigenvalue weighted by Crippen LogP contribution is -2.57. The number of hydrogen-bond donors (Lipinski definition) is 1. The van der Waals surface area contributed by atoms with E-state index in [1.807, 2.05) is 0 Å². The second-order valence-corrected chi connectivity index (χ2v) is 5.78. The molecule has 0 bridgehead atoms. The summed E-state index contributed by atoms with van der Waals surface area (Å²) < 4.78 is 0. The van der Waals surface area contributed by atoms with Crippen molar-refractivity contribution in [3.63, 3.8) is 0 Å². The number of nitrogens with zero attached hydrogens (tertiary/aromatic N) is 2. The third-order valence-corrected chi connectivity index (χ3v) is 4.34. The summed E-state index contributed by atoms with van der Waals surface area (Å²) in [5, 5.41) is 0. The van der Waals surface area contributed by atoms with Gasteiger partial charge in [0.05, 0.1) is 0 Å². The number of rotatable bonds is 1. The predicted molar refractivity (Wildman–Crippen MR) is 57.1 cm³/mol. The number of likely N-dealkylation sites (tertiary alicyclic amines) is 2. The fourth-order valence-corrected chi connectivity index (χ4v) is 3.57. The first-order valence-electron chi connectivity index (χ1n) is 5.85. The van der Waals surface area contributed by atoms with Crippen LogP contribution in [0.2, 0.25) is 0 Å². The minimum atomic E-state index is 0.501. The summed E-state index contributed by atoms with van der Waals surface area (Å²) in [7, 11) is 2.23. The molecule has 0 aromatic carbocycles. The maximum atomic E-state index is 5.84. The third-order valence-electron chi connectivity index (χ3n) is 4.34. The van der Waals surface area contributed by atoms with E-state index in [1.54, 1.807) is 0 Å². The van der Waals surface area contributed by atoms with Crippen molar-refractivity contribution in [1.82, 2.24) is 9.80 Å². The molecule has 3 aliphatic rings.